The molecular weight excluding hydrogens is 242 g/mol. The van der Waals surface area contributed by atoms with E-state index in [1.165, 1.54) is 30.6 Å². The van der Waals surface area contributed by atoms with Gasteiger partial charge < -0.3 is 5.32 Å². The van der Waals surface area contributed by atoms with Gasteiger partial charge in [0.25, 0.3) is 0 Å². The summed E-state index contributed by atoms with van der Waals surface area (Å²) < 4.78 is 0. The Morgan fingerprint density at radius 2 is 2.28 bits per heavy atom. The van der Waals surface area contributed by atoms with Gasteiger partial charge in [-0.05, 0) is 43.0 Å². The molecule has 1 saturated carbocycles. The third kappa shape index (κ3) is 2.67. The lowest BCUT2D eigenvalue weighted by molar-refractivity contribution is -0.120. The molecule has 1 aromatic heterocycles. The summed E-state index contributed by atoms with van der Waals surface area (Å²) >= 11 is 1.75. The Labute approximate surface area is 113 Å². The summed E-state index contributed by atoms with van der Waals surface area (Å²) in [4.78, 5) is 13.6. The van der Waals surface area contributed by atoms with Gasteiger partial charge in [-0.3, -0.25) is 4.79 Å². The van der Waals surface area contributed by atoms with Crippen molar-refractivity contribution in [3.63, 3.8) is 0 Å². The molecule has 3 unspecified atom stereocenters. The summed E-state index contributed by atoms with van der Waals surface area (Å²) in [6, 6.07) is 4.97. The van der Waals surface area contributed by atoms with E-state index in [2.05, 4.69) is 22.8 Å². The van der Waals surface area contributed by atoms with Crippen LogP contribution in [0.25, 0.3) is 0 Å². The summed E-state index contributed by atoms with van der Waals surface area (Å²) in [5, 5.41) is 5.66. The maximum absolute atomic E-state index is 12.2. The molecule has 0 aromatic carbocycles. The van der Waals surface area contributed by atoms with Gasteiger partial charge in [-0.25, -0.2) is 0 Å². The maximum atomic E-state index is 12.2. The van der Waals surface area contributed by atoms with E-state index in [1.54, 1.807) is 11.3 Å². The Morgan fingerprint density at radius 3 is 3.06 bits per heavy atom. The Bertz CT molecular complexity index is 387. The summed E-state index contributed by atoms with van der Waals surface area (Å²) in [6.07, 6.45) is 8.02. The van der Waals surface area contributed by atoms with Crippen molar-refractivity contribution in [2.24, 2.45) is 5.92 Å². The Balaban J connectivity index is 1.51. The zero-order chi connectivity index (χ0) is 12.4. The van der Waals surface area contributed by atoms with Gasteiger partial charge in [0.15, 0.2) is 0 Å². The summed E-state index contributed by atoms with van der Waals surface area (Å²) in [7, 11) is 0. The predicted octanol–water partition coefficient (Wildman–Crippen LogP) is 3.17. The van der Waals surface area contributed by atoms with Gasteiger partial charge in [-0.2, -0.15) is 0 Å². The van der Waals surface area contributed by atoms with Crippen molar-refractivity contribution in [1.29, 1.82) is 0 Å². The average Bonchev–Trinajstić information content (AvgIpc) is 3.04. The molecule has 1 saturated heterocycles. The van der Waals surface area contributed by atoms with Crippen LogP contribution in [0.2, 0.25) is 0 Å². The Hall–Kier alpha value is -0.670. The molecule has 3 rings (SSSR count). The largest absolute Gasteiger partial charge is 0.304 e. The minimum atomic E-state index is 0.151. The van der Waals surface area contributed by atoms with Gasteiger partial charge in [-0.15, -0.1) is 11.3 Å². The van der Waals surface area contributed by atoms with E-state index in [-0.39, 0.29) is 6.04 Å². The SMILES string of the molecule is O=C(CCc1cccs1)C1CC2CCCCC2N1. The molecule has 2 aliphatic rings. The highest BCUT2D eigenvalue weighted by Crippen LogP contribution is 2.33. The molecule has 18 heavy (non-hydrogen) atoms. The van der Waals surface area contributed by atoms with Crippen LogP contribution in [0.4, 0.5) is 0 Å². The number of carbonyl (C=O) groups excluding carboxylic acids is 1. The van der Waals surface area contributed by atoms with E-state index in [9.17, 15) is 4.79 Å². The number of ketones is 1. The smallest absolute Gasteiger partial charge is 0.150 e. The van der Waals surface area contributed by atoms with Crippen molar-refractivity contribution >= 4 is 17.1 Å². The number of rotatable bonds is 4. The van der Waals surface area contributed by atoms with Crippen LogP contribution in [-0.2, 0) is 11.2 Å². The van der Waals surface area contributed by atoms with Gasteiger partial charge in [0.1, 0.15) is 5.78 Å². The Morgan fingerprint density at radius 1 is 1.39 bits per heavy atom. The van der Waals surface area contributed by atoms with E-state index in [0.29, 0.717) is 18.2 Å². The molecule has 2 fully saturated rings. The molecule has 0 bridgehead atoms. The molecule has 0 radical (unpaired) electrons. The molecule has 1 aliphatic carbocycles. The van der Waals surface area contributed by atoms with Crippen molar-refractivity contribution in [2.45, 2.75) is 57.0 Å². The number of Topliss-reactive ketones (excluding diaryl/α,β-unsaturated/α-hetero) is 1. The molecule has 0 amide bonds. The quantitative estimate of drug-likeness (QED) is 0.904. The topological polar surface area (TPSA) is 29.1 Å². The highest BCUT2D eigenvalue weighted by Gasteiger charge is 2.37. The highest BCUT2D eigenvalue weighted by molar-refractivity contribution is 7.09. The number of carbonyl (C=O) groups is 1. The second-order valence-electron chi connectivity index (χ2n) is 5.65. The monoisotopic (exact) mass is 263 g/mol. The molecule has 3 atom stereocenters. The van der Waals surface area contributed by atoms with Crippen LogP contribution in [0.15, 0.2) is 17.5 Å². The molecule has 1 aromatic rings. The predicted molar refractivity (Wildman–Crippen MR) is 74.9 cm³/mol. The van der Waals surface area contributed by atoms with Gasteiger partial charge >= 0.3 is 0 Å². The van der Waals surface area contributed by atoms with Crippen LogP contribution < -0.4 is 5.32 Å². The standard InChI is InChI=1S/C15H21NOS/c17-15(8-7-12-5-3-9-18-12)14-10-11-4-1-2-6-13(11)16-14/h3,5,9,11,13-14,16H,1-2,4,6-8,10H2. The molecule has 0 spiro atoms. The maximum Gasteiger partial charge on any atom is 0.150 e. The van der Waals surface area contributed by atoms with Crippen LogP contribution in [-0.4, -0.2) is 17.9 Å². The first kappa shape index (κ1) is 12.4. The van der Waals surface area contributed by atoms with Crippen LogP contribution >= 0.6 is 11.3 Å². The number of nitrogens with one attached hydrogen (secondary N) is 1. The van der Waals surface area contributed by atoms with Crippen molar-refractivity contribution in [3.8, 4) is 0 Å². The van der Waals surface area contributed by atoms with Crippen molar-refractivity contribution in [3.05, 3.63) is 22.4 Å². The number of hydrogen-bond acceptors (Lipinski definition) is 3. The zero-order valence-electron chi connectivity index (χ0n) is 10.7. The Kier molecular flexibility index (Phi) is 3.80. The van der Waals surface area contributed by atoms with Crippen LogP contribution in [0.5, 0.6) is 0 Å². The fraction of sp³-hybridized carbons (Fsp3) is 0.667. The fourth-order valence-electron chi connectivity index (χ4n) is 3.44. The van der Waals surface area contributed by atoms with Crippen molar-refractivity contribution < 1.29 is 4.79 Å². The first-order chi connectivity index (χ1) is 8.83. The highest BCUT2D eigenvalue weighted by atomic mass is 32.1. The second kappa shape index (κ2) is 5.54. The molecule has 3 heteroatoms. The lowest BCUT2D eigenvalue weighted by Gasteiger charge is -2.24. The lowest BCUT2D eigenvalue weighted by atomic mass is 9.84. The first-order valence-electron chi connectivity index (χ1n) is 7.14. The third-order valence-electron chi connectivity index (χ3n) is 4.45. The molecule has 2 nitrogen and oxygen atoms in total. The van der Waals surface area contributed by atoms with E-state index >= 15 is 0 Å². The molecular formula is C15H21NOS. The van der Waals surface area contributed by atoms with Gasteiger partial charge in [-0.1, -0.05) is 18.9 Å². The number of fused-ring (bicyclic) bond motifs is 1. The van der Waals surface area contributed by atoms with Crippen LogP contribution in [0.3, 0.4) is 0 Å². The number of aryl methyl sites for hydroxylation is 1. The van der Waals surface area contributed by atoms with E-state index in [4.69, 9.17) is 0 Å². The lowest BCUT2D eigenvalue weighted by Crippen LogP contribution is -2.37. The molecule has 1 aliphatic heterocycles. The zero-order valence-corrected chi connectivity index (χ0v) is 11.5. The van der Waals surface area contributed by atoms with Gasteiger partial charge in [0.2, 0.25) is 0 Å². The molecule has 2 heterocycles. The van der Waals surface area contributed by atoms with E-state index < -0.39 is 0 Å². The van der Waals surface area contributed by atoms with E-state index in [1.807, 2.05) is 0 Å². The third-order valence-corrected chi connectivity index (χ3v) is 5.39. The molecule has 1 N–H and O–H groups in total. The normalized spacial score (nSPS) is 31.2. The van der Waals surface area contributed by atoms with Crippen molar-refractivity contribution in [2.75, 3.05) is 0 Å². The summed E-state index contributed by atoms with van der Waals surface area (Å²) in [6.45, 7) is 0. The summed E-state index contributed by atoms with van der Waals surface area (Å²) in [5.41, 5.74) is 0. The van der Waals surface area contributed by atoms with Crippen molar-refractivity contribution in [1.82, 2.24) is 5.32 Å². The number of hydrogen-bond donors (Lipinski definition) is 1. The number of thiophene rings is 1. The minimum Gasteiger partial charge on any atom is -0.304 e. The van der Waals surface area contributed by atoms with E-state index in [0.717, 1.165) is 18.8 Å². The van der Waals surface area contributed by atoms with Crippen LogP contribution in [0.1, 0.15) is 43.4 Å². The van der Waals surface area contributed by atoms with Crippen LogP contribution in [0, 0.1) is 5.92 Å². The summed E-state index contributed by atoms with van der Waals surface area (Å²) in [5.74, 6) is 1.20. The average molecular weight is 263 g/mol. The van der Waals surface area contributed by atoms with Gasteiger partial charge in [0.05, 0.1) is 6.04 Å². The van der Waals surface area contributed by atoms with Gasteiger partial charge in [0, 0.05) is 17.3 Å². The second-order valence-corrected chi connectivity index (χ2v) is 6.68. The fourth-order valence-corrected chi connectivity index (χ4v) is 4.15. The first-order valence-corrected chi connectivity index (χ1v) is 8.02. The molecule has 98 valence electrons. The minimum absolute atomic E-state index is 0.151.